The summed E-state index contributed by atoms with van der Waals surface area (Å²) < 4.78 is 0.654. The van der Waals surface area contributed by atoms with Crippen LogP contribution < -0.4 is 5.56 Å². The number of aromatic nitrogens is 2. The van der Waals surface area contributed by atoms with Crippen LogP contribution in [0.2, 0.25) is 0 Å². The number of rotatable bonds is 4. The van der Waals surface area contributed by atoms with Crippen molar-refractivity contribution < 1.29 is 4.79 Å². The fourth-order valence-corrected chi connectivity index (χ4v) is 5.64. The summed E-state index contributed by atoms with van der Waals surface area (Å²) in [4.78, 5) is 36.8. The summed E-state index contributed by atoms with van der Waals surface area (Å²) in [5, 5.41) is 1.88. The van der Waals surface area contributed by atoms with Crippen LogP contribution in [-0.2, 0) is 11.2 Å². The standard InChI is InChI=1S/C23H34N4O2S/c28-21(11-10-20-24-19-12-17-30-22(19)23(29)25-20)27-15-13-26(14-16-27)18-8-6-4-2-1-3-5-7-9-18/h12,17-18H,1-11,13-16H2,(H,24,25,29). The van der Waals surface area contributed by atoms with Crippen LogP contribution in [0, 0.1) is 0 Å². The Hall–Kier alpha value is -1.73. The van der Waals surface area contributed by atoms with E-state index in [-0.39, 0.29) is 11.5 Å². The van der Waals surface area contributed by atoms with Crippen molar-refractivity contribution in [1.29, 1.82) is 0 Å². The number of aromatic amines is 1. The van der Waals surface area contributed by atoms with Crippen molar-refractivity contribution in [2.45, 2.75) is 76.7 Å². The second-order valence-corrected chi connectivity index (χ2v) is 9.69. The fourth-order valence-electron chi connectivity index (χ4n) is 4.91. The normalized spacial score (nSPS) is 20.5. The predicted molar refractivity (Wildman–Crippen MR) is 122 cm³/mol. The molecule has 0 aromatic carbocycles. The van der Waals surface area contributed by atoms with E-state index in [4.69, 9.17) is 0 Å². The molecule has 1 saturated carbocycles. The molecule has 1 N–H and O–H groups in total. The van der Waals surface area contributed by atoms with Crippen molar-refractivity contribution in [3.8, 4) is 0 Å². The lowest BCUT2D eigenvalue weighted by molar-refractivity contribution is -0.133. The van der Waals surface area contributed by atoms with Crippen LogP contribution >= 0.6 is 11.3 Å². The third-order valence-corrected chi connectivity index (χ3v) is 7.60. The molecule has 6 nitrogen and oxygen atoms in total. The Morgan fingerprint density at radius 3 is 2.40 bits per heavy atom. The Morgan fingerprint density at radius 2 is 1.70 bits per heavy atom. The number of fused-ring (bicyclic) bond motifs is 1. The highest BCUT2D eigenvalue weighted by Crippen LogP contribution is 2.22. The molecule has 0 radical (unpaired) electrons. The maximum Gasteiger partial charge on any atom is 0.268 e. The molecule has 1 saturated heterocycles. The van der Waals surface area contributed by atoms with E-state index in [0.717, 1.165) is 31.7 Å². The Balaban J connectivity index is 1.25. The van der Waals surface area contributed by atoms with Crippen molar-refractivity contribution in [3.63, 3.8) is 0 Å². The molecular weight excluding hydrogens is 396 g/mol. The van der Waals surface area contributed by atoms with Gasteiger partial charge in [-0.15, -0.1) is 11.3 Å². The molecule has 0 bridgehead atoms. The molecule has 1 aliphatic heterocycles. The molecular formula is C23H34N4O2S. The summed E-state index contributed by atoms with van der Waals surface area (Å²) in [6, 6.07) is 2.56. The zero-order valence-corrected chi connectivity index (χ0v) is 18.7. The average molecular weight is 431 g/mol. The van der Waals surface area contributed by atoms with Gasteiger partial charge in [0.15, 0.2) is 0 Å². The van der Waals surface area contributed by atoms with Gasteiger partial charge in [0.25, 0.3) is 5.56 Å². The van der Waals surface area contributed by atoms with Crippen LogP contribution in [0.15, 0.2) is 16.2 Å². The number of nitrogens with zero attached hydrogens (tertiary/aromatic N) is 3. The number of nitrogens with one attached hydrogen (secondary N) is 1. The van der Waals surface area contributed by atoms with Crippen molar-refractivity contribution in [3.05, 3.63) is 27.6 Å². The van der Waals surface area contributed by atoms with Gasteiger partial charge < -0.3 is 9.88 Å². The third kappa shape index (κ3) is 5.49. The van der Waals surface area contributed by atoms with E-state index in [1.54, 1.807) is 0 Å². The van der Waals surface area contributed by atoms with Crippen LogP contribution in [0.3, 0.4) is 0 Å². The van der Waals surface area contributed by atoms with Crippen LogP contribution in [0.25, 0.3) is 10.2 Å². The average Bonchev–Trinajstić information content (AvgIpc) is 3.25. The lowest BCUT2D eigenvalue weighted by Crippen LogP contribution is -2.52. The molecule has 0 atom stereocenters. The first-order valence-electron chi connectivity index (χ1n) is 11.7. The number of carbonyl (C=O) groups is 1. The highest BCUT2D eigenvalue weighted by Gasteiger charge is 2.26. The topological polar surface area (TPSA) is 69.3 Å². The SMILES string of the molecule is O=C(CCc1nc2ccsc2c(=O)[nH]1)N1CCN(C2CCCCCCCCC2)CC1. The summed E-state index contributed by atoms with van der Waals surface area (Å²) in [5.41, 5.74) is 0.627. The smallest absolute Gasteiger partial charge is 0.268 e. The van der Waals surface area contributed by atoms with E-state index in [9.17, 15) is 9.59 Å². The quantitative estimate of drug-likeness (QED) is 0.797. The largest absolute Gasteiger partial charge is 0.340 e. The van der Waals surface area contributed by atoms with Crippen LogP contribution in [0.5, 0.6) is 0 Å². The van der Waals surface area contributed by atoms with Gasteiger partial charge in [-0.1, -0.05) is 44.9 Å². The van der Waals surface area contributed by atoms with Gasteiger partial charge in [-0.3, -0.25) is 14.5 Å². The Bertz CT molecular complexity index is 875. The molecule has 2 aliphatic rings. The van der Waals surface area contributed by atoms with E-state index in [1.165, 1.54) is 69.1 Å². The van der Waals surface area contributed by atoms with Gasteiger partial charge in [0, 0.05) is 45.1 Å². The number of hydrogen-bond acceptors (Lipinski definition) is 5. The number of carbonyl (C=O) groups excluding carboxylic acids is 1. The van der Waals surface area contributed by atoms with E-state index >= 15 is 0 Å². The molecule has 0 spiro atoms. The molecule has 30 heavy (non-hydrogen) atoms. The van der Waals surface area contributed by atoms with Gasteiger partial charge in [-0.2, -0.15) is 0 Å². The first-order valence-corrected chi connectivity index (χ1v) is 12.6. The Kier molecular flexibility index (Phi) is 7.55. The lowest BCUT2D eigenvalue weighted by atomic mass is 9.96. The first kappa shape index (κ1) is 21.5. The maximum atomic E-state index is 12.7. The summed E-state index contributed by atoms with van der Waals surface area (Å²) in [5.74, 6) is 0.785. The molecule has 1 amide bonds. The maximum absolute atomic E-state index is 12.7. The minimum Gasteiger partial charge on any atom is -0.340 e. The number of H-pyrrole nitrogens is 1. The van der Waals surface area contributed by atoms with Crippen LogP contribution in [-0.4, -0.2) is 57.9 Å². The fraction of sp³-hybridized carbons (Fsp3) is 0.696. The molecule has 0 unspecified atom stereocenters. The molecule has 7 heteroatoms. The number of amides is 1. The van der Waals surface area contributed by atoms with Gasteiger partial charge in [0.2, 0.25) is 5.91 Å². The molecule has 2 aromatic heterocycles. The first-order chi connectivity index (χ1) is 14.7. The van der Waals surface area contributed by atoms with Gasteiger partial charge in [0.05, 0.1) is 5.52 Å². The second kappa shape index (κ2) is 10.5. The zero-order valence-electron chi connectivity index (χ0n) is 17.9. The summed E-state index contributed by atoms with van der Waals surface area (Å²) in [6.45, 7) is 3.63. The molecule has 4 rings (SSSR count). The molecule has 164 valence electrons. The number of aryl methyl sites for hydroxylation is 1. The predicted octanol–water partition coefficient (Wildman–Crippen LogP) is 3.95. The minimum atomic E-state index is -0.100. The highest BCUT2D eigenvalue weighted by atomic mass is 32.1. The third-order valence-electron chi connectivity index (χ3n) is 6.70. The van der Waals surface area contributed by atoms with Crippen molar-refractivity contribution >= 4 is 27.5 Å². The molecule has 3 heterocycles. The van der Waals surface area contributed by atoms with Gasteiger partial charge in [0.1, 0.15) is 10.5 Å². The van der Waals surface area contributed by atoms with Gasteiger partial charge >= 0.3 is 0 Å². The van der Waals surface area contributed by atoms with Crippen molar-refractivity contribution in [2.24, 2.45) is 0 Å². The molecule has 2 aromatic rings. The minimum absolute atomic E-state index is 0.100. The molecule has 2 fully saturated rings. The van der Waals surface area contributed by atoms with E-state index in [0.29, 0.717) is 29.4 Å². The Morgan fingerprint density at radius 1 is 1.03 bits per heavy atom. The highest BCUT2D eigenvalue weighted by molar-refractivity contribution is 7.17. The van der Waals surface area contributed by atoms with Crippen molar-refractivity contribution in [1.82, 2.24) is 19.8 Å². The van der Waals surface area contributed by atoms with Crippen LogP contribution in [0.4, 0.5) is 0 Å². The molecule has 1 aliphatic carbocycles. The summed E-state index contributed by atoms with van der Waals surface area (Å²) >= 11 is 1.40. The van der Waals surface area contributed by atoms with E-state index in [1.807, 2.05) is 16.3 Å². The monoisotopic (exact) mass is 430 g/mol. The zero-order chi connectivity index (χ0) is 20.8. The summed E-state index contributed by atoms with van der Waals surface area (Å²) in [6.07, 6.45) is 13.2. The number of hydrogen-bond donors (Lipinski definition) is 1. The second-order valence-electron chi connectivity index (χ2n) is 8.77. The number of thiophene rings is 1. The lowest BCUT2D eigenvalue weighted by Gasteiger charge is -2.40. The summed E-state index contributed by atoms with van der Waals surface area (Å²) in [7, 11) is 0. The van der Waals surface area contributed by atoms with E-state index < -0.39 is 0 Å². The number of piperazine rings is 1. The van der Waals surface area contributed by atoms with E-state index in [2.05, 4.69) is 14.9 Å². The van der Waals surface area contributed by atoms with Crippen molar-refractivity contribution in [2.75, 3.05) is 26.2 Å². The van der Waals surface area contributed by atoms with Gasteiger partial charge in [-0.25, -0.2) is 4.98 Å². The van der Waals surface area contributed by atoms with Crippen LogP contribution in [0.1, 0.15) is 70.0 Å². The van der Waals surface area contributed by atoms with Gasteiger partial charge in [-0.05, 0) is 24.3 Å². The Labute approximate surface area is 182 Å².